The molecule has 2 aromatic carbocycles. The van der Waals surface area contributed by atoms with Gasteiger partial charge in [0, 0.05) is 43.1 Å². The van der Waals surface area contributed by atoms with Crippen LogP contribution >= 0.6 is 0 Å². The van der Waals surface area contributed by atoms with Crippen LogP contribution in [0.3, 0.4) is 0 Å². The SMILES string of the molecule is Cc1ccc(C2(O)CCN(c3cccn4nc(Nc5ccc(C(=O)NC6CCCNC6)cc5)nc34)CC2)cc1. The van der Waals surface area contributed by atoms with Crippen molar-refractivity contribution in [1.29, 1.82) is 0 Å². The molecule has 2 aliphatic heterocycles. The zero-order valence-electron chi connectivity index (χ0n) is 22.2. The highest BCUT2D eigenvalue weighted by Gasteiger charge is 2.34. The van der Waals surface area contributed by atoms with E-state index in [4.69, 9.17) is 4.98 Å². The number of hydrogen-bond acceptors (Lipinski definition) is 7. The first-order chi connectivity index (χ1) is 19.0. The Kier molecular flexibility index (Phi) is 6.93. The number of nitrogens with one attached hydrogen (secondary N) is 3. The van der Waals surface area contributed by atoms with Gasteiger partial charge in [-0.05, 0) is 81.1 Å². The van der Waals surface area contributed by atoms with Gasteiger partial charge in [0.2, 0.25) is 5.95 Å². The lowest BCUT2D eigenvalue weighted by molar-refractivity contribution is 0.0118. The van der Waals surface area contributed by atoms with E-state index >= 15 is 0 Å². The molecule has 0 radical (unpaired) electrons. The van der Waals surface area contributed by atoms with Crippen LogP contribution in [0.25, 0.3) is 5.65 Å². The van der Waals surface area contributed by atoms with Crippen LogP contribution in [0.5, 0.6) is 0 Å². The highest BCUT2D eigenvalue weighted by atomic mass is 16.3. The van der Waals surface area contributed by atoms with Gasteiger partial charge in [0.15, 0.2) is 5.65 Å². The first-order valence-corrected chi connectivity index (χ1v) is 13.8. The molecule has 1 amide bonds. The summed E-state index contributed by atoms with van der Waals surface area (Å²) in [5.74, 6) is 0.433. The van der Waals surface area contributed by atoms with E-state index in [2.05, 4.69) is 51.1 Å². The molecule has 1 unspecified atom stereocenters. The van der Waals surface area contributed by atoms with Crippen LogP contribution in [0.4, 0.5) is 17.3 Å². The van der Waals surface area contributed by atoms with Gasteiger partial charge < -0.3 is 26.0 Å². The van der Waals surface area contributed by atoms with Gasteiger partial charge >= 0.3 is 0 Å². The molecule has 0 bridgehead atoms. The third-order valence-corrected chi connectivity index (χ3v) is 7.90. The molecule has 1 atom stereocenters. The number of fused-ring (bicyclic) bond motifs is 1. The summed E-state index contributed by atoms with van der Waals surface area (Å²) in [6.07, 6.45) is 5.26. The van der Waals surface area contributed by atoms with Gasteiger partial charge in [-0.1, -0.05) is 29.8 Å². The van der Waals surface area contributed by atoms with E-state index in [0.717, 1.165) is 61.6 Å². The lowest BCUT2D eigenvalue weighted by Crippen LogP contribution is -2.45. The van der Waals surface area contributed by atoms with Gasteiger partial charge in [-0.25, -0.2) is 4.52 Å². The van der Waals surface area contributed by atoms with E-state index < -0.39 is 5.60 Å². The van der Waals surface area contributed by atoms with Crippen molar-refractivity contribution in [2.24, 2.45) is 0 Å². The molecule has 202 valence electrons. The Morgan fingerprint density at radius 2 is 1.85 bits per heavy atom. The van der Waals surface area contributed by atoms with Crippen LogP contribution in [-0.2, 0) is 5.60 Å². The molecule has 9 heteroatoms. The Balaban J connectivity index is 1.12. The van der Waals surface area contributed by atoms with Crippen molar-refractivity contribution in [3.63, 3.8) is 0 Å². The molecule has 2 saturated heterocycles. The predicted molar refractivity (Wildman–Crippen MR) is 153 cm³/mol. The van der Waals surface area contributed by atoms with Crippen molar-refractivity contribution in [1.82, 2.24) is 25.2 Å². The standard InChI is InChI=1S/C30H35N7O2/c1-21-6-10-23(11-7-21)30(39)14-18-36(19-15-30)26-5-3-17-37-27(26)34-29(35-37)33-24-12-8-22(9-13-24)28(38)32-25-4-2-16-31-20-25/h3,5-13,17,25,31,39H,2,4,14-16,18-20H2,1H3,(H,32,38)(H,33,35). The highest BCUT2D eigenvalue weighted by molar-refractivity contribution is 5.94. The van der Waals surface area contributed by atoms with Gasteiger partial charge in [0.25, 0.3) is 5.91 Å². The fraction of sp³-hybridized carbons (Fsp3) is 0.367. The highest BCUT2D eigenvalue weighted by Crippen LogP contribution is 2.35. The van der Waals surface area contributed by atoms with Gasteiger partial charge in [0.1, 0.15) is 0 Å². The smallest absolute Gasteiger partial charge is 0.251 e. The van der Waals surface area contributed by atoms with Crippen molar-refractivity contribution >= 4 is 28.9 Å². The number of rotatable bonds is 6. The summed E-state index contributed by atoms with van der Waals surface area (Å²) in [6.45, 7) is 5.34. The lowest BCUT2D eigenvalue weighted by atomic mass is 9.84. The molecule has 2 aromatic heterocycles. The third-order valence-electron chi connectivity index (χ3n) is 7.90. The second-order valence-electron chi connectivity index (χ2n) is 10.7. The first-order valence-electron chi connectivity index (χ1n) is 13.8. The van der Waals surface area contributed by atoms with Crippen molar-refractivity contribution in [2.45, 2.75) is 44.2 Å². The molecule has 0 spiro atoms. The zero-order valence-corrected chi connectivity index (χ0v) is 22.2. The first kappa shape index (κ1) is 25.3. The van der Waals surface area contributed by atoms with E-state index in [9.17, 15) is 9.90 Å². The Hall–Kier alpha value is -3.95. The van der Waals surface area contributed by atoms with Crippen LogP contribution in [0.15, 0.2) is 66.9 Å². The van der Waals surface area contributed by atoms with Gasteiger partial charge in [-0.2, -0.15) is 4.98 Å². The summed E-state index contributed by atoms with van der Waals surface area (Å²) >= 11 is 0. The number of nitrogens with zero attached hydrogens (tertiary/aromatic N) is 4. The Bertz CT molecular complexity index is 1430. The molecule has 2 aliphatic rings. The van der Waals surface area contributed by atoms with Crippen molar-refractivity contribution in [2.75, 3.05) is 36.4 Å². The number of aromatic nitrogens is 3. The van der Waals surface area contributed by atoms with E-state index in [-0.39, 0.29) is 11.9 Å². The number of hydrogen-bond donors (Lipinski definition) is 4. The fourth-order valence-electron chi connectivity index (χ4n) is 5.54. The maximum Gasteiger partial charge on any atom is 0.251 e. The Labute approximate surface area is 228 Å². The predicted octanol–water partition coefficient (Wildman–Crippen LogP) is 3.75. The minimum Gasteiger partial charge on any atom is -0.385 e. The topological polar surface area (TPSA) is 107 Å². The summed E-state index contributed by atoms with van der Waals surface area (Å²) in [4.78, 5) is 19.7. The van der Waals surface area contributed by atoms with Crippen LogP contribution in [-0.4, -0.2) is 57.8 Å². The van der Waals surface area contributed by atoms with Crippen molar-refractivity contribution < 1.29 is 9.90 Å². The number of aryl methyl sites for hydroxylation is 1. The van der Waals surface area contributed by atoms with Crippen molar-refractivity contribution in [3.05, 3.63) is 83.6 Å². The summed E-state index contributed by atoms with van der Waals surface area (Å²) in [5, 5.41) is 25.6. The number of pyridine rings is 1. The molecular weight excluding hydrogens is 490 g/mol. The molecule has 39 heavy (non-hydrogen) atoms. The Morgan fingerprint density at radius 3 is 2.56 bits per heavy atom. The van der Waals surface area contributed by atoms with Crippen LogP contribution < -0.4 is 20.9 Å². The molecule has 4 heterocycles. The molecule has 0 aliphatic carbocycles. The van der Waals surface area contributed by atoms with Crippen LogP contribution in [0, 0.1) is 6.92 Å². The fourth-order valence-corrected chi connectivity index (χ4v) is 5.54. The van der Waals surface area contributed by atoms with E-state index in [0.29, 0.717) is 24.4 Å². The number of aliphatic hydroxyl groups is 1. The molecule has 2 fully saturated rings. The molecular formula is C30H35N7O2. The normalized spacial score (nSPS) is 19.1. The average Bonchev–Trinajstić information content (AvgIpc) is 3.37. The quantitative estimate of drug-likeness (QED) is 0.304. The van der Waals surface area contributed by atoms with E-state index in [1.807, 2.05) is 48.7 Å². The molecule has 6 rings (SSSR count). The number of anilines is 3. The molecule has 0 saturated carbocycles. The van der Waals surface area contributed by atoms with Gasteiger partial charge in [0.05, 0.1) is 11.3 Å². The van der Waals surface area contributed by atoms with E-state index in [1.165, 1.54) is 5.56 Å². The van der Waals surface area contributed by atoms with Crippen LogP contribution in [0.1, 0.15) is 47.2 Å². The second-order valence-corrected chi connectivity index (χ2v) is 10.7. The second kappa shape index (κ2) is 10.7. The maximum absolute atomic E-state index is 12.6. The largest absolute Gasteiger partial charge is 0.385 e. The number of benzene rings is 2. The van der Waals surface area contributed by atoms with E-state index in [1.54, 1.807) is 4.52 Å². The number of piperidine rings is 2. The Morgan fingerprint density at radius 1 is 1.08 bits per heavy atom. The monoisotopic (exact) mass is 525 g/mol. The minimum atomic E-state index is -0.813. The minimum absolute atomic E-state index is 0.0541. The van der Waals surface area contributed by atoms with Gasteiger partial charge in [-0.3, -0.25) is 4.79 Å². The third kappa shape index (κ3) is 5.46. The molecule has 4 N–H and O–H groups in total. The van der Waals surface area contributed by atoms with Crippen LogP contribution in [0.2, 0.25) is 0 Å². The van der Waals surface area contributed by atoms with Crippen molar-refractivity contribution in [3.8, 4) is 0 Å². The molecule has 9 nitrogen and oxygen atoms in total. The summed E-state index contributed by atoms with van der Waals surface area (Å²) in [6, 6.07) is 19.8. The summed E-state index contributed by atoms with van der Waals surface area (Å²) in [7, 11) is 0. The maximum atomic E-state index is 12.6. The van der Waals surface area contributed by atoms with Gasteiger partial charge in [-0.15, -0.1) is 5.10 Å². The number of amides is 1. The lowest BCUT2D eigenvalue weighted by Gasteiger charge is -2.39. The summed E-state index contributed by atoms with van der Waals surface area (Å²) < 4.78 is 1.78. The average molecular weight is 526 g/mol. The summed E-state index contributed by atoms with van der Waals surface area (Å²) in [5.41, 5.74) is 4.56. The molecule has 4 aromatic rings. The zero-order chi connectivity index (χ0) is 26.8. The number of carbonyl (C=O) groups is 1. The number of carbonyl (C=O) groups excluding carboxylic acids is 1.